The first kappa shape index (κ1) is 10.8. The fraction of sp³-hybridized carbons (Fsp3) is 0.0833. The number of hydrogen-bond donors (Lipinski definition) is 1. The molecule has 0 saturated heterocycles. The molecule has 2 rings (SSSR count). The van der Waals surface area contributed by atoms with Gasteiger partial charge in [0.1, 0.15) is 11.3 Å². The van der Waals surface area contributed by atoms with Crippen LogP contribution < -0.4 is 0 Å². The quantitative estimate of drug-likeness (QED) is 0.811. The van der Waals surface area contributed by atoms with Gasteiger partial charge in [0.2, 0.25) is 0 Å². The lowest BCUT2D eigenvalue weighted by molar-refractivity contribution is -0.132. The molecule has 0 aliphatic heterocycles. The zero-order chi connectivity index (χ0) is 11.7. The lowest BCUT2D eigenvalue weighted by Crippen LogP contribution is -1.94. The predicted octanol–water partition coefficient (Wildman–Crippen LogP) is 3.57. The van der Waals surface area contributed by atoms with Crippen LogP contribution in [0.4, 0.5) is 0 Å². The fourth-order valence-electron chi connectivity index (χ4n) is 1.38. The zero-order valence-corrected chi connectivity index (χ0v) is 9.28. The maximum absolute atomic E-state index is 10.6. The maximum Gasteiger partial charge on any atom is 0.331 e. The van der Waals surface area contributed by atoms with Crippen LogP contribution in [-0.2, 0) is 4.79 Å². The molecule has 0 amide bonds. The first-order valence-electron chi connectivity index (χ1n) is 4.67. The van der Waals surface area contributed by atoms with E-state index in [1.54, 1.807) is 24.3 Å². The van der Waals surface area contributed by atoms with Crippen LogP contribution in [0.2, 0.25) is 5.02 Å². The summed E-state index contributed by atoms with van der Waals surface area (Å²) in [4.78, 5) is 10.6. The second-order valence-corrected chi connectivity index (χ2v) is 3.90. The monoisotopic (exact) mass is 236 g/mol. The van der Waals surface area contributed by atoms with Crippen LogP contribution in [0.15, 0.2) is 34.3 Å². The van der Waals surface area contributed by atoms with Gasteiger partial charge in [0.15, 0.2) is 0 Å². The van der Waals surface area contributed by atoms with Gasteiger partial charge in [0.05, 0.1) is 0 Å². The van der Waals surface area contributed by atoms with Crippen molar-refractivity contribution in [1.29, 1.82) is 0 Å². The number of hydrogen-bond acceptors (Lipinski definition) is 2. The Labute approximate surface area is 96.9 Å². The van der Waals surface area contributed by atoms with E-state index in [4.69, 9.17) is 21.1 Å². The smallest absolute Gasteiger partial charge is 0.331 e. The van der Waals surface area contributed by atoms with Gasteiger partial charge in [0, 0.05) is 16.0 Å². The SMILES string of the molecule is C/C(=C\c1cc2cc(Cl)ccc2o1)C(=O)O. The van der Waals surface area contributed by atoms with E-state index in [1.807, 2.05) is 0 Å². The van der Waals surface area contributed by atoms with Crippen molar-refractivity contribution >= 4 is 34.6 Å². The normalized spacial score (nSPS) is 12.0. The standard InChI is InChI=1S/C12H9ClO3/c1-7(12(14)15)4-10-6-8-5-9(13)2-3-11(8)16-10/h2-6H,1H3,(H,14,15)/b7-4+. The summed E-state index contributed by atoms with van der Waals surface area (Å²) in [6.07, 6.45) is 1.48. The van der Waals surface area contributed by atoms with Crippen molar-refractivity contribution in [1.82, 2.24) is 0 Å². The molecule has 0 aliphatic carbocycles. The summed E-state index contributed by atoms with van der Waals surface area (Å²) >= 11 is 5.83. The number of furan rings is 1. The van der Waals surface area contributed by atoms with Crippen LogP contribution in [0.1, 0.15) is 12.7 Å². The highest BCUT2D eigenvalue weighted by Gasteiger charge is 2.05. The van der Waals surface area contributed by atoms with Crippen LogP contribution in [-0.4, -0.2) is 11.1 Å². The van der Waals surface area contributed by atoms with Gasteiger partial charge in [-0.05, 0) is 37.3 Å². The van der Waals surface area contributed by atoms with Crippen molar-refractivity contribution in [3.63, 3.8) is 0 Å². The van der Waals surface area contributed by atoms with Gasteiger partial charge in [0.25, 0.3) is 0 Å². The molecular weight excluding hydrogens is 228 g/mol. The summed E-state index contributed by atoms with van der Waals surface area (Å²) in [5, 5.41) is 10.2. The van der Waals surface area contributed by atoms with Crippen LogP contribution in [0, 0.1) is 0 Å². The summed E-state index contributed by atoms with van der Waals surface area (Å²) in [5.41, 5.74) is 0.916. The molecule has 0 atom stereocenters. The Hall–Kier alpha value is -1.74. The van der Waals surface area contributed by atoms with E-state index >= 15 is 0 Å². The summed E-state index contributed by atoms with van der Waals surface area (Å²) in [7, 11) is 0. The van der Waals surface area contributed by atoms with Gasteiger partial charge in [-0.15, -0.1) is 0 Å². The predicted molar refractivity (Wildman–Crippen MR) is 62.5 cm³/mol. The highest BCUT2D eigenvalue weighted by atomic mass is 35.5. The molecule has 0 spiro atoms. The highest BCUT2D eigenvalue weighted by Crippen LogP contribution is 2.24. The number of aliphatic carboxylic acids is 1. The van der Waals surface area contributed by atoms with E-state index in [0.717, 1.165) is 5.39 Å². The Morgan fingerprint density at radius 1 is 1.44 bits per heavy atom. The molecule has 0 bridgehead atoms. The molecule has 3 nitrogen and oxygen atoms in total. The first-order chi connectivity index (χ1) is 7.56. The molecule has 2 aromatic rings. The van der Waals surface area contributed by atoms with E-state index in [2.05, 4.69) is 0 Å². The van der Waals surface area contributed by atoms with Gasteiger partial charge in [-0.2, -0.15) is 0 Å². The van der Waals surface area contributed by atoms with Crippen molar-refractivity contribution in [2.45, 2.75) is 6.92 Å². The van der Waals surface area contributed by atoms with Crippen molar-refractivity contribution in [3.05, 3.63) is 40.6 Å². The molecule has 0 aliphatic rings. The highest BCUT2D eigenvalue weighted by molar-refractivity contribution is 6.31. The van der Waals surface area contributed by atoms with Crippen molar-refractivity contribution in [2.24, 2.45) is 0 Å². The minimum atomic E-state index is -0.960. The number of carboxylic acids is 1. The summed E-state index contributed by atoms with van der Waals surface area (Å²) in [6.45, 7) is 1.52. The largest absolute Gasteiger partial charge is 0.478 e. The Balaban J connectivity index is 2.48. The number of carbonyl (C=O) groups is 1. The van der Waals surface area contributed by atoms with Crippen molar-refractivity contribution in [3.8, 4) is 0 Å². The third kappa shape index (κ3) is 2.09. The summed E-state index contributed by atoms with van der Waals surface area (Å²) in [5.74, 6) is -0.448. The molecule has 1 aromatic carbocycles. The molecule has 1 heterocycles. The third-order valence-electron chi connectivity index (χ3n) is 2.19. The molecule has 1 N–H and O–H groups in total. The first-order valence-corrected chi connectivity index (χ1v) is 5.05. The van der Waals surface area contributed by atoms with Gasteiger partial charge in [-0.25, -0.2) is 4.79 Å². The van der Waals surface area contributed by atoms with Gasteiger partial charge >= 0.3 is 5.97 Å². The van der Waals surface area contributed by atoms with Gasteiger partial charge in [-0.1, -0.05) is 11.6 Å². The van der Waals surface area contributed by atoms with Crippen molar-refractivity contribution in [2.75, 3.05) is 0 Å². The zero-order valence-electron chi connectivity index (χ0n) is 8.53. The van der Waals surface area contributed by atoms with E-state index in [0.29, 0.717) is 16.4 Å². The molecule has 4 heteroatoms. The second kappa shape index (κ2) is 4.02. The van der Waals surface area contributed by atoms with Crippen molar-refractivity contribution < 1.29 is 14.3 Å². The lowest BCUT2D eigenvalue weighted by atomic mass is 10.2. The van der Waals surface area contributed by atoms with Crippen LogP contribution in [0.25, 0.3) is 17.0 Å². The van der Waals surface area contributed by atoms with E-state index < -0.39 is 5.97 Å². The maximum atomic E-state index is 10.6. The lowest BCUT2D eigenvalue weighted by Gasteiger charge is -1.89. The third-order valence-corrected chi connectivity index (χ3v) is 2.43. The molecular formula is C12H9ClO3. The number of rotatable bonds is 2. The second-order valence-electron chi connectivity index (χ2n) is 3.46. The minimum absolute atomic E-state index is 0.227. The van der Waals surface area contributed by atoms with Gasteiger partial charge < -0.3 is 9.52 Å². The number of halogens is 1. The summed E-state index contributed by atoms with van der Waals surface area (Å²) in [6, 6.07) is 7.01. The number of fused-ring (bicyclic) bond motifs is 1. The Bertz CT molecular complexity index is 581. The molecule has 0 saturated carbocycles. The average Bonchev–Trinajstić information content (AvgIpc) is 2.58. The van der Waals surface area contributed by atoms with E-state index in [9.17, 15) is 4.79 Å². The average molecular weight is 237 g/mol. The van der Waals surface area contributed by atoms with Crippen LogP contribution >= 0.6 is 11.6 Å². The minimum Gasteiger partial charge on any atom is -0.478 e. The Kier molecular flexibility index (Phi) is 2.71. The van der Waals surface area contributed by atoms with E-state index in [-0.39, 0.29) is 5.57 Å². The number of carboxylic acid groups (broad SMARTS) is 1. The molecule has 82 valence electrons. The molecule has 0 radical (unpaired) electrons. The molecule has 16 heavy (non-hydrogen) atoms. The number of benzene rings is 1. The van der Waals surface area contributed by atoms with Crippen LogP contribution in [0.5, 0.6) is 0 Å². The molecule has 0 fully saturated rings. The fourth-order valence-corrected chi connectivity index (χ4v) is 1.56. The topological polar surface area (TPSA) is 50.4 Å². The molecule has 0 unspecified atom stereocenters. The Morgan fingerprint density at radius 2 is 2.19 bits per heavy atom. The van der Waals surface area contributed by atoms with Gasteiger partial charge in [-0.3, -0.25) is 0 Å². The molecule has 1 aromatic heterocycles. The summed E-state index contributed by atoms with van der Waals surface area (Å²) < 4.78 is 5.45. The Morgan fingerprint density at radius 3 is 2.88 bits per heavy atom. The van der Waals surface area contributed by atoms with Crippen LogP contribution in [0.3, 0.4) is 0 Å². The van der Waals surface area contributed by atoms with E-state index in [1.165, 1.54) is 13.0 Å².